The van der Waals surface area contributed by atoms with Crippen LogP contribution in [0.25, 0.3) is 0 Å². The molecule has 0 N–H and O–H groups in total. The van der Waals surface area contributed by atoms with Crippen LogP contribution in [0.3, 0.4) is 0 Å². The fourth-order valence-corrected chi connectivity index (χ4v) is 1.93. The Morgan fingerprint density at radius 2 is 2.14 bits per heavy atom. The molecule has 0 aliphatic rings. The molecule has 1 rings (SSSR count). The Labute approximate surface area is 93.1 Å². The highest BCUT2D eigenvalue weighted by molar-refractivity contribution is 9.10. The summed E-state index contributed by atoms with van der Waals surface area (Å²) in [4.78, 5) is 20.9. The number of hydrogen-bond donors (Lipinski definition) is 0. The van der Waals surface area contributed by atoms with E-state index in [1.54, 1.807) is 0 Å². The number of hydrogen-bond acceptors (Lipinski definition) is 3. The van der Waals surface area contributed by atoms with Gasteiger partial charge in [-0.3, -0.25) is 14.9 Å². The second-order valence-electron chi connectivity index (χ2n) is 2.60. The standard InChI is InChI=1S/C8H5BrClNO3/c1-4(12)5-2-8(11(13)14)7(10)3-6(5)9/h2-3H,1H3. The van der Waals surface area contributed by atoms with Crippen molar-refractivity contribution in [2.24, 2.45) is 0 Å². The lowest BCUT2D eigenvalue weighted by Gasteiger charge is -2.01. The summed E-state index contributed by atoms with van der Waals surface area (Å²) in [6, 6.07) is 2.51. The Balaban J connectivity index is 3.42. The number of nitro groups is 1. The van der Waals surface area contributed by atoms with Crippen LogP contribution in [0, 0.1) is 10.1 Å². The average molecular weight is 278 g/mol. The first-order valence-corrected chi connectivity index (χ1v) is 4.75. The first kappa shape index (κ1) is 11.1. The van der Waals surface area contributed by atoms with Gasteiger partial charge in [-0.15, -0.1) is 0 Å². The van der Waals surface area contributed by atoms with E-state index in [0.29, 0.717) is 4.47 Å². The smallest absolute Gasteiger partial charge is 0.288 e. The van der Waals surface area contributed by atoms with E-state index in [2.05, 4.69) is 15.9 Å². The van der Waals surface area contributed by atoms with Gasteiger partial charge in [-0.1, -0.05) is 11.6 Å². The van der Waals surface area contributed by atoms with Crippen molar-refractivity contribution >= 4 is 39.0 Å². The molecule has 1 aromatic rings. The zero-order valence-electron chi connectivity index (χ0n) is 7.08. The molecule has 0 fully saturated rings. The number of carbonyl (C=O) groups excluding carboxylic acids is 1. The Hall–Kier alpha value is -0.940. The molecule has 0 atom stereocenters. The second kappa shape index (κ2) is 4.06. The Morgan fingerprint density at radius 1 is 1.57 bits per heavy atom. The third-order valence-corrected chi connectivity index (χ3v) is 2.57. The topological polar surface area (TPSA) is 60.2 Å². The Morgan fingerprint density at radius 3 is 2.57 bits per heavy atom. The molecule has 0 amide bonds. The summed E-state index contributed by atoms with van der Waals surface area (Å²) in [7, 11) is 0. The van der Waals surface area contributed by atoms with Gasteiger partial charge in [0.1, 0.15) is 5.02 Å². The van der Waals surface area contributed by atoms with Gasteiger partial charge in [0, 0.05) is 16.1 Å². The number of benzene rings is 1. The van der Waals surface area contributed by atoms with Crippen molar-refractivity contribution in [2.75, 3.05) is 0 Å². The summed E-state index contributed by atoms with van der Waals surface area (Å²) in [6.45, 7) is 1.33. The van der Waals surface area contributed by atoms with E-state index in [1.807, 2.05) is 0 Å². The van der Waals surface area contributed by atoms with Crippen LogP contribution in [-0.4, -0.2) is 10.7 Å². The SMILES string of the molecule is CC(=O)c1cc([N+](=O)[O-])c(Cl)cc1Br. The van der Waals surface area contributed by atoms with Crippen molar-refractivity contribution in [3.8, 4) is 0 Å². The average Bonchev–Trinajstić information content (AvgIpc) is 2.02. The summed E-state index contributed by atoms with van der Waals surface area (Å²) in [5.74, 6) is -0.253. The van der Waals surface area contributed by atoms with Crippen molar-refractivity contribution in [1.29, 1.82) is 0 Å². The van der Waals surface area contributed by atoms with Crippen LogP contribution in [0.4, 0.5) is 5.69 Å². The maximum atomic E-state index is 11.1. The molecule has 0 bridgehead atoms. The van der Waals surface area contributed by atoms with E-state index in [4.69, 9.17) is 11.6 Å². The molecule has 14 heavy (non-hydrogen) atoms. The molecule has 74 valence electrons. The van der Waals surface area contributed by atoms with Crippen molar-refractivity contribution in [3.05, 3.63) is 37.3 Å². The van der Waals surface area contributed by atoms with Crippen LogP contribution in [0.1, 0.15) is 17.3 Å². The molecule has 0 radical (unpaired) electrons. The highest BCUT2D eigenvalue weighted by Crippen LogP contribution is 2.31. The van der Waals surface area contributed by atoms with Crippen molar-refractivity contribution < 1.29 is 9.72 Å². The van der Waals surface area contributed by atoms with Crippen molar-refractivity contribution in [1.82, 2.24) is 0 Å². The van der Waals surface area contributed by atoms with Crippen LogP contribution in [0.2, 0.25) is 5.02 Å². The molecule has 0 aromatic heterocycles. The normalized spacial score (nSPS) is 9.93. The predicted molar refractivity (Wildman–Crippen MR) is 55.8 cm³/mol. The van der Waals surface area contributed by atoms with E-state index < -0.39 is 4.92 Å². The van der Waals surface area contributed by atoms with Crippen LogP contribution < -0.4 is 0 Å². The number of carbonyl (C=O) groups is 1. The summed E-state index contributed by atoms with van der Waals surface area (Å²) in [5.41, 5.74) is -0.0128. The van der Waals surface area contributed by atoms with Crippen LogP contribution in [0.5, 0.6) is 0 Å². The van der Waals surface area contributed by atoms with Gasteiger partial charge in [-0.05, 0) is 28.9 Å². The quantitative estimate of drug-likeness (QED) is 0.474. The molecule has 0 aliphatic carbocycles. The molecule has 0 aliphatic heterocycles. The molecule has 0 spiro atoms. The molecule has 0 heterocycles. The maximum absolute atomic E-state index is 11.1. The third kappa shape index (κ3) is 2.10. The van der Waals surface area contributed by atoms with Gasteiger partial charge in [0.2, 0.25) is 0 Å². The van der Waals surface area contributed by atoms with Gasteiger partial charge in [-0.25, -0.2) is 0 Å². The molecule has 0 saturated heterocycles. The zero-order valence-corrected chi connectivity index (χ0v) is 9.42. The molecule has 0 saturated carbocycles. The molecule has 0 unspecified atom stereocenters. The van der Waals surface area contributed by atoms with Gasteiger partial charge in [0.05, 0.1) is 4.92 Å². The number of rotatable bonds is 2. The van der Waals surface area contributed by atoms with E-state index in [9.17, 15) is 14.9 Å². The van der Waals surface area contributed by atoms with Crippen LogP contribution >= 0.6 is 27.5 Å². The van der Waals surface area contributed by atoms with Crippen LogP contribution in [-0.2, 0) is 0 Å². The molecular weight excluding hydrogens is 273 g/mol. The number of nitro benzene ring substituents is 1. The molecule has 4 nitrogen and oxygen atoms in total. The maximum Gasteiger partial charge on any atom is 0.288 e. The fraction of sp³-hybridized carbons (Fsp3) is 0.125. The summed E-state index contributed by atoms with van der Waals surface area (Å²) >= 11 is 8.72. The van der Waals surface area contributed by atoms with Crippen LogP contribution in [0.15, 0.2) is 16.6 Å². The number of Topliss-reactive ketones (excluding diaryl/α,β-unsaturated/α-hetero) is 1. The number of ketones is 1. The highest BCUT2D eigenvalue weighted by atomic mass is 79.9. The monoisotopic (exact) mass is 277 g/mol. The minimum absolute atomic E-state index is 0.00637. The molecule has 6 heteroatoms. The fourth-order valence-electron chi connectivity index (χ4n) is 0.947. The van der Waals surface area contributed by atoms with E-state index in [-0.39, 0.29) is 22.1 Å². The minimum Gasteiger partial charge on any atom is -0.294 e. The largest absolute Gasteiger partial charge is 0.294 e. The van der Waals surface area contributed by atoms with Gasteiger partial charge < -0.3 is 0 Å². The lowest BCUT2D eigenvalue weighted by Crippen LogP contribution is -1.97. The van der Waals surface area contributed by atoms with Gasteiger partial charge in [-0.2, -0.15) is 0 Å². The summed E-state index contributed by atoms with van der Waals surface area (Å²) < 4.78 is 0.459. The minimum atomic E-state index is -0.624. The third-order valence-electron chi connectivity index (χ3n) is 1.61. The highest BCUT2D eigenvalue weighted by Gasteiger charge is 2.17. The first-order chi connectivity index (χ1) is 6.43. The lowest BCUT2D eigenvalue weighted by molar-refractivity contribution is -0.384. The first-order valence-electron chi connectivity index (χ1n) is 3.58. The number of nitrogens with zero attached hydrogens (tertiary/aromatic N) is 1. The molecule has 1 aromatic carbocycles. The summed E-state index contributed by atoms with van der Waals surface area (Å²) in [5, 5.41) is 10.5. The van der Waals surface area contributed by atoms with E-state index in [1.165, 1.54) is 13.0 Å². The van der Waals surface area contributed by atoms with E-state index in [0.717, 1.165) is 6.07 Å². The van der Waals surface area contributed by atoms with Gasteiger partial charge in [0.15, 0.2) is 5.78 Å². The molecular formula is C8H5BrClNO3. The van der Waals surface area contributed by atoms with E-state index >= 15 is 0 Å². The van der Waals surface area contributed by atoms with Gasteiger partial charge >= 0.3 is 0 Å². The van der Waals surface area contributed by atoms with Crippen molar-refractivity contribution in [2.45, 2.75) is 6.92 Å². The Bertz CT molecular complexity index is 384. The Kier molecular flexibility index (Phi) is 3.23. The number of halogens is 2. The zero-order chi connectivity index (χ0) is 10.9. The summed E-state index contributed by atoms with van der Waals surface area (Å²) in [6.07, 6.45) is 0. The van der Waals surface area contributed by atoms with Gasteiger partial charge in [0.25, 0.3) is 5.69 Å². The second-order valence-corrected chi connectivity index (χ2v) is 3.86. The van der Waals surface area contributed by atoms with Crippen molar-refractivity contribution in [3.63, 3.8) is 0 Å². The predicted octanol–water partition coefficient (Wildman–Crippen LogP) is 3.21. The lowest BCUT2D eigenvalue weighted by atomic mass is 10.1.